The SMILES string of the molecule is CCCCc1[nH]c(=O)c(S(=O)(=O)c2ccc(-c3ccnc(F)c3C)cc2)c(O)c1N(C)c1cccc(C#N)c1. The van der Waals surface area contributed by atoms with Crippen LogP contribution in [0.1, 0.15) is 36.6 Å². The minimum Gasteiger partial charge on any atom is -0.504 e. The first kappa shape index (κ1) is 27.5. The highest BCUT2D eigenvalue weighted by Gasteiger charge is 2.31. The summed E-state index contributed by atoms with van der Waals surface area (Å²) in [5, 5.41) is 20.7. The number of halogens is 1. The molecule has 200 valence electrons. The third-order valence-electron chi connectivity index (χ3n) is 6.56. The first-order chi connectivity index (χ1) is 18.6. The van der Waals surface area contributed by atoms with E-state index in [1.54, 1.807) is 49.2 Å². The van der Waals surface area contributed by atoms with Crippen molar-refractivity contribution in [2.75, 3.05) is 11.9 Å². The molecule has 8 nitrogen and oxygen atoms in total. The highest BCUT2D eigenvalue weighted by molar-refractivity contribution is 7.91. The summed E-state index contributed by atoms with van der Waals surface area (Å²) >= 11 is 0. The molecule has 4 aromatic rings. The van der Waals surface area contributed by atoms with Crippen LogP contribution in [0.2, 0.25) is 0 Å². The fourth-order valence-corrected chi connectivity index (χ4v) is 5.80. The standard InChI is InChI=1S/C29H27FN4O4S/c1-4-5-9-24-25(34(3)21-8-6-7-19(16-21)17-31)26(35)27(29(36)33-24)39(37,38)22-12-10-20(11-13-22)23-14-15-32-28(30)18(23)2/h6-8,10-16H,4-5,9H2,1-3H3,(H2,33,35,36). The van der Waals surface area contributed by atoms with Crippen molar-refractivity contribution in [3.63, 3.8) is 0 Å². The zero-order chi connectivity index (χ0) is 28.3. The van der Waals surface area contributed by atoms with Crippen molar-refractivity contribution in [3.8, 4) is 22.9 Å². The second kappa shape index (κ2) is 11.1. The summed E-state index contributed by atoms with van der Waals surface area (Å²) in [5.41, 5.74) is 1.94. The number of sulfone groups is 1. The van der Waals surface area contributed by atoms with E-state index in [0.717, 1.165) is 6.42 Å². The number of H-pyrrole nitrogens is 1. The van der Waals surface area contributed by atoms with E-state index < -0.39 is 32.0 Å². The maximum absolute atomic E-state index is 13.9. The van der Waals surface area contributed by atoms with E-state index in [1.165, 1.54) is 30.5 Å². The Labute approximate surface area is 225 Å². The van der Waals surface area contributed by atoms with Crippen LogP contribution in [0.5, 0.6) is 5.75 Å². The zero-order valence-electron chi connectivity index (χ0n) is 21.7. The first-order valence-corrected chi connectivity index (χ1v) is 13.8. The van der Waals surface area contributed by atoms with Gasteiger partial charge in [-0.1, -0.05) is 31.5 Å². The molecule has 0 bridgehead atoms. The van der Waals surface area contributed by atoms with Gasteiger partial charge >= 0.3 is 0 Å². The number of anilines is 2. The van der Waals surface area contributed by atoms with E-state index in [4.69, 9.17) is 0 Å². The molecule has 10 heteroatoms. The summed E-state index contributed by atoms with van der Waals surface area (Å²) < 4.78 is 41.3. The highest BCUT2D eigenvalue weighted by Crippen LogP contribution is 2.40. The molecular formula is C29H27FN4O4S. The number of unbranched alkanes of at least 4 members (excludes halogenated alkanes) is 1. The van der Waals surface area contributed by atoms with Gasteiger partial charge in [-0.3, -0.25) is 4.79 Å². The molecule has 0 aliphatic heterocycles. The fraction of sp³-hybridized carbons (Fsp3) is 0.207. The van der Waals surface area contributed by atoms with Crippen molar-refractivity contribution in [1.82, 2.24) is 9.97 Å². The van der Waals surface area contributed by atoms with E-state index in [9.17, 15) is 28.0 Å². The van der Waals surface area contributed by atoms with Crippen LogP contribution in [0.25, 0.3) is 11.1 Å². The molecular weight excluding hydrogens is 519 g/mol. The quantitative estimate of drug-likeness (QED) is 0.283. The van der Waals surface area contributed by atoms with Gasteiger partial charge in [0.15, 0.2) is 10.6 Å². The summed E-state index contributed by atoms with van der Waals surface area (Å²) in [4.78, 5) is 20.0. The predicted molar refractivity (Wildman–Crippen MR) is 146 cm³/mol. The summed E-state index contributed by atoms with van der Waals surface area (Å²) in [6, 6.07) is 15.9. The van der Waals surface area contributed by atoms with Crippen LogP contribution < -0.4 is 10.5 Å². The Balaban J connectivity index is 1.85. The van der Waals surface area contributed by atoms with Gasteiger partial charge in [0, 0.05) is 30.2 Å². The Bertz CT molecular complexity index is 1740. The number of nitriles is 1. The van der Waals surface area contributed by atoms with Crippen LogP contribution in [0.3, 0.4) is 0 Å². The number of hydrogen-bond acceptors (Lipinski definition) is 7. The number of pyridine rings is 2. The smallest absolute Gasteiger partial charge is 0.271 e. The van der Waals surface area contributed by atoms with Crippen molar-refractivity contribution < 1.29 is 17.9 Å². The predicted octanol–water partition coefficient (Wildman–Crippen LogP) is 5.41. The number of aromatic amines is 1. The molecule has 39 heavy (non-hydrogen) atoms. The number of nitrogens with one attached hydrogen (secondary N) is 1. The molecule has 0 aliphatic rings. The minimum atomic E-state index is -4.47. The van der Waals surface area contributed by atoms with Gasteiger partial charge in [0.2, 0.25) is 15.8 Å². The normalized spacial score (nSPS) is 11.3. The summed E-state index contributed by atoms with van der Waals surface area (Å²) in [6.07, 6.45) is 3.22. The van der Waals surface area contributed by atoms with Crippen molar-refractivity contribution in [3.05, 3.63) is 93.9 Å². The molecule has 0 amide bonds. The van der Waals surface area contributed by atoms with E-state index in [-0.39, 0.29) is 10.6 Å². The van der Waals surface area contributed by atoms with Gasteiger partial charge in [-0.25, -0.2) is 13.4 Å². The van der Waals surface area contributed by atoms with Crippen LogP contribution in [0.4, 0.5) is 15.8 Å². The molecule has 0 aliphatic carbocycles. The van der Waals surface area contributed by atoms with Crippen LogP contribution in [0, 0.1) is 24.2 Å². The molecule has 0 spiro atoms. The maximum Gasteiger partial charge on any atom is 0.271 e. The largest absolute Gasteiger partial charge is 0.504 e. The second-order valence-electron chi connectivity index (χ2n) is 9.09. The molecule has 0 fully saturated rings. The second-order valence-corrected chi connectivity index (χ2v) is 11.0. The Kier molecular flexibility index (Phi) is 7.83. The number of hydrogen-bond donors (Lipinski definition) is 2. The first-order valence-electron chi connectivity index (χ1n) is 12.3. The van der Waals surface area contributed by atoms with Crippen molar-refractivity contribution in [1.29, 1.82) is 5.26 Å². The van der Waals surface area contributed by atoms with Gasteiger partial charge in [-0.15, -0.1) is 0 Å². The molecule has 0 radical (unpaired) electrons. The average Bonchev–Trinajstić information content (AvgIpc) is 2.93. The van der Waals surface area contributed by atoms with Gasteiger partial charge in [-0.05, 0) is 67.3 Å². The van der Waals surface area contributed by atoms with Crippen molar-refractivity contribution >= 4 is 21.2 Å². The molecule has 0 unspecified atom stereocenters. The molecule has 2 heterocycles. The third-order valence-corrected chi connectivity index (χ3v) is 8.37. The molecule has 0 atom stereocenters. The summed E-state index contributed by atoms with van der Waals surface area (Å²) in [5.74, 6) is -1.30. The summed E-state index contributed by atoms with van der Waals surface area (Å²) in [6.45, 7) is 3.55. The Morgan fingerprint density at radius 3 is 2.54 bits per heavy atom. The van der Waals surface area contributed by atoms with Gasteiger partial charge in [0.05, 0.1) is 16.5 Å². The molecule has 2 aromatic heterocycles. The van der Waals surface area contributed by atoms with Gasteiger partial charge in [0.1, 0.15) is 5.69 Å². The lowest BCUT2D eigenvalue weighted by atomic mass is 10.0. The molecule has 2 aromatic carbocycles. The Morgan fingerprint density at radius 2 is 1.87 bits per heavy atom. The van der Waals surface area contributed by atoms with Crippen LogP contribution >= 0.6 is 0 Å². The number of aromatic nitrogens is 2. The molecule has 2 N–H and O–H groups in total. The number of nitrogens with zero attached hydrogens (tertiary/aromatic N) is 3. The fourth-order valence-electron chi connectivity index (χ4n) is 4.42. The van der Waals surface area contributed by atoms with Crippen LogP contribution in [-0.2, 0) is 16.3 Å². The molecule has 4 rings (SSSR count). The maximum atomic E-state index is 13.9. The van der Waals surface area contributed by atoms with Crippen molar-refractivity contribution in [2.45, 2.75) is 42.9 Å². The van der Waals surface area contributed by atoms with Gasteiger partial charge in [0.25, 0.3) is 5.56 Å². The van der Waals surface area contributed by atoms with Gasteiger partial charge in [-0.2, -0.15) is 9.65 Å². The summed E-state index contributed by atoms with van der Waals surface area (Å²) in [7, 11) is -2.84. The van der Waals surface area contributed by atoms with Crippen molar-refractivity contribution in [2.24, 2.45) is 0 Å². The van der Waals surface area contributed by atoms with Crippen LogP contribution in [0.15, 0.2) is 75.4 Å². The lowest BCUT2D eigenvalue weighted by molar-refractivity contribution is 0.455. The Hall–Kier alpha value is -4.49. The van der Waals surface area contributed by atoms with Crippen LogP contribution in [-0.4, -0.2) is 30.5 Å². The lowest BCUT2D eigenvalue weighted by Crippen LogP contribution is -2.24. The molecule has 0 saturated carbocycles. The monoisotopic (exact) mass is 546 g/mol. The number of rotatable bonds is 8. The van der Waals surface area contributed by atoms with E-state index in [1.807, 2.05) is 6.92 Å². The number of benzene rings is 2. The topological polar surface area (TPSA) is 127 Å². The highest BCUT2D eigenvalue weighted by atomic mass is 32.2. The van der Waals surface area contributed by atoms with E-state index >= 15 is 0 Å². The molecule has 0 saturated heterocycles. The van der Waals surface area contributed by atoms with E-state index in [2.05, 4.69) is 16.0 Å². The van der Waals surface area contributed by atoms with Gasteiger partial charge < -0.3 is 15.0 Å². The minimum absolute atomic E-state index is 0.135. The lowest BCUT2D eigenvalue weighted by Gasteiger charge is -2.25. The number of aryl methyl sites for hydroxylation is 1. The van der Waals surface area contributed by atoms with E-state index in [0.29, 0.717) is 46.5 Å². The number of aromatic hydroxyl groups is 1. The average molecular weight is 547 g/mol. The zero-order valence-corrected chi connectivity index (χ0v) is 22.5. The third kappa shape index (κ3) is 5.26. The Morgan fingerprint density at radius 1 is 1.15 bits per heavy atom.